The van der Waals surface area contributed by atoms with Crippen molar-refractivity contribution in [2.45, 2.75) is 44.1 Å². The fraction of sp³-hybridized carbons (Fsp3) is 0.571. The standard InChI is InChI=1S/C14H17NO3S/c1-12(2)8-14(12,9-4-3-7-19-9)10(16)15-13(5-6-13)11(17)18/h3-4,7H,5-6,8H2,1-2H3,(H,15,16)(H,17,18). The predicted octanol–water partition coefficient (Wildman–Crippen LogP) is 2.15. The molecule has 0 aromatic carbocycles. The van der Waals surface area contributed by atoms with Crippen molar-refractivity contribution in [3.63, 3.8) is 0 Å². The Bertz CT molecular complexity index is 545. The average molecular weight is 279 g/mol. The van der Waals surface area contributed by atoms with Crippen LogP contribution in [0.15, 0.2) is 17.5 Å². The van der Waals surface area contributed by atoms with Crippen molar-refractivity contribution in [3.8, 4) is 0 Å². The maximum atomic E-state index is 12.6. The Labute approximate surface area is 115 Å². The smallest absolute Gasteiger partial charge is 0.329 e. The molecule has 0 spiro atoms. The van der Waals surface area contributed by atoms with Crippen LogP contribution in [0.2, 0.25) is 0 Å². The van der Waals surface area contributed by atoms with E-state index in [1.54, 1.807) is 11.3 Å². The molecule has 0 aliphatic heterocycles. The Morgan fingerprint density at radius 3 is 2.37 bits per heavy atom. The van der Waals surface area contributed by atoms with Crippen LogP contribution in [0.3, 0.4) is 0 Å². The van der Waals surface area contributed by atoms with Gasteiger partial charge in [0.2, 0.25) is 5.91 Å². The quantitative estimate of drug-likeness (QED) is 0.887. The molecule has 0 bridgehead atoms. The molecule has 2 N–H and O–H groups in total. The van der Waals surface area contributed by atoms with Crippen LogP contribution in [0.25, 0.3) is 0 Å². The van der Waals surface area contributed by atoms with E-state index in [1.165, 1.54) is 0 Å². The second-order valence-electron chi connectivity index (χ2n) is 6.28. The van der Waals surface area contributed by atoms with Crippen molar-refractivity contribution in [2.24, 2.45) is 5.41 Å². The Morgan fingerprint density at radius 1 is 1.37 bits per heavy atom. The Morgan fingerprint density at radius 2 is 2.00 bits per heavy atom. The number of amides is 1. The van der Waals surface area contributed by atoms with Crippen LogP contribution in [0.5, 0.6) is 0 Å². The number of thiophene rings is 1. The molecule has 19 heavy (non-hydrogen) atoms. The first-order chi connectivity index (χ1) is 8.84. The highest BCUT2D eigenvalue weighted by molar-refractivity contribution is 7.10. The number of carboxylic acids is 1. The summed E-state index contributed by atoms with van der Waals surface area (Å²) in [6, 6.07) is 3.91. The van der Waals surface area contributed by atoms with Crippen LogP contribution in [-0.4, -0.2) is 22.5 Å². The van der Waals surface area contributed by atoms with Gasteiger partial charge in [-0.15, -0.1) is 11.3 Å². The fourth-order valence-electron chi connectivity index (χ4n) is 2.90. The predicted molar refractivity (Wildman–Crippen MR) is 72.1 cm³/mol. The van der Waals surface area contributed by atoms with Gasteiger partial charge >= 0.3 is 5.97 Å². The first kappa shape index (κ1) is 12.7. The molecule has 1 aromatic rings. The largest absolute Gasteiger partial charge is 0.480 e. The molecule has 1 heterocycles. The minimum atomic E-state index is -1.000. The minimum absolute atomic E-state index is 0.101. The Hall–Kier alpha value is -1.36. The van der Waals surface area contributed by atoms with Crippen molar-refractivity contribution in [3.05, 3.63) is 22.4 Å². The van der Waals surface area contributed by atoms with Crippen LogP contribution in [0.1, 0.15) is 38.0 Å². The van der Waals surface area contributed by atoms with Gasteiger partial charge in [0.1, 0.15) is 5.54 Å². The van der Waals surface area contributed by atoms with Crippen LogP contribution < -0.4 is 5.32 Å². The SMILES string of the molecule is CC1(C)CC1(C(=O)NC1(C(=O)O)CC1)c1cccs1. The number of hydrogen-bond donors (Lipinski definition) is 2. The summed E-state index contributed by atoms with van der Waals surface area (Å²) in [4.78, 5) is 24.9. The highest BCUT2D eigenvalue weighted by Gasteiger charge is 2.69. The van der Waals surface area contributed by atoms with E-state index in [0.717, 1.165) is 11.3 Å². The van der Waals surface area contributed by atoms with Crippen LogP contribution >= 0.6 is 11.3 Å². The Balaban J connectivity index is 1.88. The lowest BCUT2D eigenvalue weighted by Crippen LogP contribution is -2.48. The monoisotopic (exact) mass is 279 g/mol. The zero-order valence-corrected chi connectivity index (χ0v) is 11.8. The van der Waals surface area contributed by atoms with E-state index in [-0.39, 0.29) is 11.3 Å². The first-order valence-corrected chi connectivity index (χ1v) is 7.32. The molecule has 102 valence electrons. The van der Waals surface area contributed by atoms with Crippen LogP contribution in [0.4, 0.5) is 0 Å². The van der Waals surface area contributed by atoms with E-state index in [0.29, 0.717) is 12.8 Å². The molecule has 1 amide bonds. The summed E-state index contributed by atoms with van der Waals surface area (Å²) in [5.41, 5.74) is -1.64. The number of nitrogens with one attached hydrogen (secondary N) is 1. The third kappa shape index (κ3) is 1.64. The molecule has 1 aromatic heterocycles. The second-order valence-corrected chi connectivity index (χ2v) is 7.23. The lowest BCUT2D eigenvalue weighted by molar-refractivity contribution is -0.143. The molecule has 2 aliphatic rings. The van der Waals surface area contributed by atoms with Gasteiger partial charge in [-0.05, 0) is 36.1 Å². The molecular weight excluding hydrogens is 262 g/mol. The summed E-state index contributed by atoms with van der Waals surface area (Å²) in [5.74, 6) is -1.04. The number of carbonyl (C=O) groups is 2. The zero-order chi connectivity index (χ0) is 13.9. The minimum Gasteiger partial charge on any atom is -0.480 e. The van der Waals surface area contributed by atoms with Crippen LogP contribution in [0, 0.1) is 5.41 Å². The van der Waals surface area contributed by atoms with Gasteiger partial charge in [0, 0.05) is 4.88 Å². The number of carbonyl (C=O) groups excluding carboxylic acids is 1. The molecule has 1 atom stereocenters. The van der Waals surface area contributed by atoms with E-state index in [9.17, 15) is 14.7 Å². The summed E-state index contributed by atoms with van der Waals surface area (Å²) < 4.78 is 0. The molecule has 2 fully saturated rings. The average Bonchev–Trinajstić information content (AvgIpc) is 3.13. The number of rotatable bonds is 4. The second kappa shape index (κ2) is 3.60. The lowest BCUT2D eigenvalue weighted by Gasteiger charge is -2.22. The van der Waals surface area contributed by atoms with E-state index < -0.39 is 16.9 Å². The van der Waals surface area contributed by atoms with E-state index in [4.69, 9.17) is 0 Å². The summed E-state index contributed by atoms with van der Waals surface area (Å²) in [5, 5.41) is 13.9. The molecule has 4 nitrogen and oxygen atoms in total. The summed E-state index contributed by atoms with van der Waals surface area (Å²) in [7, 11) is 0. The van der Waals surface area contributed by atoms with E-state index in [1.807, 2.05) is 17.5 Å². The van der Waals surface area contributed by atoms with Gasteiger partial charge in [-0.3, -0.25) is 4.79 Å². The normalized spacial score (nSPS) is 29.6. The molecule has 2 aliphatic carbocycles. The van der Waals surface area contributed by atoms with Crippen LogP contribution in [-0.2, 0) is 15.0 Å². The van der Waals surface area contributed by atoms with Gasteiger partial charge in [0.25, 0.3) is 0 Å². The molecule has 1 unspecified atom stereocenters. The summed E-state index contributed by atoms with van der Waals surface area (Å²) in [6.45, 7) is 4.12. The summed E-state index contributed by atoms with van der Waals surface area (Å²) >= 11 is 1.57. The number of carboxylic acid groups (broad SMARTS) is 1. The lowest BCUT2D eigenvalue weighted by atomic mass is 9.92. The number of aliphatic carboxylic acids is 1. The van der Waals surface area contributed by atoms with Crippen molar-refractivity contribution in [2.75, 3.05) is 0 Å². The maximum absolute atomic E-state index is 12.6. The van der Waals surface area contributed by atoms with E-state index in [2.05, 4.69) is 19.2 Å². The van der Waals surface area contributed by atoms with Gasteiger partial charge in [-0.25, -0.2) is 4.79 Å². The topological polar surface area (TPSA) is 66.4 Å². The molecule has 0 radical (unpaired) electrons. The van der Waals surface area contributed by atoms with Gasteiger partial charge in [0.05, 0.1) is 5.41 Å². The molecule has 3 rings (SSSR count). The molecule has 0 saturated heterocycles. The number of hydrogen-bond acceptors (Lipinski definition) is 3. The molecule has 2 saturated carbocycles. The third-order valence-electron chi connectivity index (χ3n) is 4.58. The van der Waals surface area contributed by atoms with Crippen molar-refractivity contribution >= 4 is 23.2 Å². The third-order valence-corrected chi connectivity index (χ3v) is 5.61. The maximum Gasteiger partial charge on any atom is 0.329 e. The van der Waals surface area contributed by atoms with Gasteiger partial charge in [-0.2, -0.15) is 0 Å². The summed E-state index contributed by atoms with van der Waals surface area (Å²) in [6.07, 6.45) is 1.85. The van der Waals surface area contributed by atoms with Gasteiger partial charge in [-0.1, -0.05) is 19.9 Å². The zero-order valence-electron chi connectivity index (χ0n) is 11.0. The van der Waals surface area contributed by atoms with Gasteiger partial charge < -0.3 is 10.4 Å². The highest BCUT2D eigenvalue weighted by Crippen LogP contribution is 2.65. The first-order valence-electron chi connectivity index (χ1n) is 6.44. The Kier molecular flexibility index (Phi) is 2.40. The van der Waals surface area contributed by atoms with Crippen molar-refractivity contribution in [1.29, 1.82) is 0 Å². The van der Waals surface area contributed by atoms with Gasteiger partial charge in [0.15, 0.2) is 0 Å². The molecule has 5 heteroatoms. The van der Waals surface area contributed by atoms with E-state index >= 15 is 0 Å². The van der Waals surface area contributed by atoms with Crippen molar-refractivity contribution < 1.29 is 14.7 Å². The highest BCUT2D eigenvalue weighted by atomic mass is 32.1. The fourth-order valence-corrected chi connectivity index (χ4v) is 4.00. The molecular formula is C14H17NO3S. The van der Waals surface area contributed by atoms with Crippen molar-refractivity contribution in [1.82, 2.24) is 5.32 Å².